The molecule has 8 nitrogen and oxygen atoms in total. The van der Waals surface area contributed by atoms with Gasteiger partial charge in [0.15, 0.2) is 5.82 Å². The number of amides is 1. The third-order valence-electron chi connectivity index (χ3n) is 6.01. The molecule has 1 aromatic carbocycles. The lowest BCUT2D eigenvalue weighted by atomic mass is 10.1. The van der Waals surface area contributed by atoms with Crippen molar-refractivity contribution in [2.24, 2.45) is 0 Å². The first kappa shape index (κ1) is 23.0. The summed E-state index contributed by atoms with van der Waals surface area (Å²) in [6.07, 6.45) is 6.12. The van der Waals surface area contributed by atoms with Gasteiger partial charge in [-0.25, -0.2) is 14.6 Å². The quantitative estimate of drug-likeness (QED) is 0.549. The molecule has 1 saturated heterocycles. The molecular weight excluding hydrogens is 440 g/mol. The molecule has 1 aliphatic heterocycles. The predicted octanol–water partition coefficient (Wildman–Crippen LogP) is 4.50. The largest absolute Gasteiger partial charge is 0.495 e. The number of carbonyl (C=O) groups is 1. The molecule has 1 fully saturated rings. The molecule has 0 bridgehead atoms. The number of nitrogens with zero attached hydrogens (tertiary/aromatic N) is 5. The maximum Gasteiger partial charge on any atom is 0.224 e. The summed E-state index contributed by atoms with van der Waals surface area (Å²) in [6.45, 7) is 6.01. The lowest BCUT2D eigenvalue weighted by Gasteiger charge is -2.27. The second-order valence-corrected chi connectivity index (χ2v) is 8.67. The Bertz CT molecular complexity index is 1140. The van der Waals surface area contributed by atoms with E-state index in [2.05, 4.69) is 20.2 Å². The average Bonchev–Trinajstić information content (AvgIpc) is 3.11. The van der Waals surface area contributed by atoms with Gasteiger partial charge < -0.3 is 15.0 Å². The number of methoxy groups -OCH3 is 1. The SMILES string of the molecule is COc1ccc(Cl)cc1NC(=O)CCc1c(C)nn(-c2cc(N3CCCCC3)ncn2)c1C. The van der Waals surface area contributed by atoms with Gasteiger partial charge in [-0.05, 0) is 63.3 Å². The van der Waals surface area contributed by atoms with Crippen molar-refractivity contribution in [1.82, 2.24) is 19.7 Å². The fourth-order valence-corrected chi connectivity index (χ4v) is 4.41. The second-order valence-electron chi connectivity index (χ2n) is 8.24. The van der Waals surface area contributed by atoms with Gasteiger partial charge in [0.25, 0.3) is 0 Å². The number of rotatable bonds is 7. The summed E-state index contributed by atoms with van der Waals surface area (Å²) in [5.74, 6) is 2.13. The molecule has 2 aromatic heterocycles. The van der Waals surface area contributed by atoms with E-state index in [1.807, 2.05) is 24.6 Å². The number of nitrogens with one attached hydrogen (secondary N) is 1. The van der Waals surface area contributed by atoms with E-state index in [-0.39, 0.29) is 5.91 Å². The van der Waals surface area contributed by atoms with Gasteiger partial charge in [0, 0.05) is 36.3 Å². The zero-order valence-corrected chi connectivity index (χ0v) is 20.0. The van der Waals surface area contributed by atoms with Gasteiger partial charge in [-0.2, -0.15) is 5.10 Å². The highest BCUT2D eigenvalue weighted by Gasteiger charge is 2.18. The fourth-order valence-electron chi connectivity index (χ4n) is 4.24. The van der Waals surface area contributed by atoms with E-state index in [0.717, 1.165) is 41.7 Å². The van der Waals surface area contributed by atoms with Crippen LogP contribution in [0, 0.1) is 13.8 Å². The molecule has 0 radical (unpaired) electrons. The summed E-state index contributed by atoms with van der Waals surface area (Å²) in [5, 5.41) is 8.13. The highest BCUT2D eigenvalue weighted by molar-refractivity contribution is 6.31. The smallest absolute Gasteiger partial charge is 0.224 e. The molecule has 0 aliphatic carbocycles. The van der Waals surface area contributed by atoms with E-state index in [9.17, 15) is 4.79 Å². The Balaban J connectivity index is 1.47. The zero-order chi connectivity index (χ0) is 23.4. The third kappa shape index (κ3) is 5.27. The Morgan fingerprint density at radius 1 is 1.12 bits per heavy atom. The van der Waals surface area contributed by atoms with Gasteiger partial charge in [0.05, 0.1) is 18.5 Å². The minimum absolute atomic E-state index is 0.114. The van der Waals surface area contributed by atoms with E-state index >= 15 is 0 Å². The van der Waals surface area contributed by atoms with Crippen LogP contribution in [0.4, 0.5) is 11.5 Å². The van der Waals surface area contributed by atoms with Crippen molar-refractivity contribution >= 4 is 29.0 Å². The van der Waals surface area contributed by atoms with Crippen LogP contribution in [0.2, 0.25) is 5.02 Å². The molecule has 0 atom stereocenters. The van der Waals surface area contributed by atoms with Gasteiger partial charge >= 0.3 is 0 Å². The van der Waals surface area contributed by atoms with Crippen molar-refractivity contribution in [2.75, 3.05) is 30.4 Å². The molecule has 0 spiro atoms. The second kappa shape index (κ2) is 10.2. The Hall–Kier alpha value is -3.13. The molecular formula is C24H29ClN6O2. The molecule has 3 aromatic rings. The van der Waals surface area contributed by atoms with Crippen molar-refractivity contribution in [3.8, 4) is 11.6 Å². The molecule has 0 saturated carbocycles. The topological polar surface area (TPSA) is 85.2 Å². The first-order valence-electron chi connectivity index (χ1n) is 11.2. The number of hydrogen-bond donors (Lipinski definition) is 1. The third-order valence-corrected chi connectivity index (χ3v) is 6.25. The van der Waals surface area contributed by atoms with E-state index in [1.54, 1.807) is 31.6 Å². The van der Waals surface area contributed by atoms with Crippen LogP contribution in [-0.4, -0.2) is 45.9 Å². The minimum atomic E-state index is -0.114. The van der Waals surface area contributed by atoms with Gasteiger partial charge in [-0.15, -0.1) is 0 Å². The highest BCUT2D eigenvalue weighted by Crippen LogP contribution is 2.28. The maximum atomic E-state index is 12.6. The summed E-state index contributed by atoms with van der Waals surface area (Å²) >= 11 is 6.06. The summed E-state index contributed by atoms with van der Waals surface area (Å²) in [5.41, 5.74) is 3.47. The van der Waals surface area contributed by atoms with Crippen LogP contribution in [0.15, 0.2) is 30.6 Å². The van der Waals surface area contributed by atoms with Crippen LogP contribution >= 0.6 is 11.6 Å². The molecule has 1 N–H and O–H groups in total. The predicted molar refractivity (Wildman–Crippen MR) is 130 cm³/mol. The van der Waals surface area contributed by atoms with Crippen LogP contribution in [-0.2, 0) is 11.2 Å². The molecule has 174 valence electrons. The van der Waals surface area contributed by atoms with Crippen LogP contribution < -0.4 is 15.0 Å². The minimum Gasteiger partial charge on any atom is -0.495 e. The van der Waals surface area contributed by atoms with Gasteiger partial charge in [0.2, 0.25) is 5.91 Å². The normalized spacial score (nSPS) is 13.8. The number of benzene rings is 1. The van der Waals surface area contributed by atoms with Crippen molar-refractivity contribution in [3.05, 3.63) is 52.6 Å². The summed E-state index contributed by atoms with van der Waals surface area (Å²) in [7, 11) is 1.56. The number of anilines is 2. The number of ether oxygens (including phenoxy) is 1. The number of aromatic nitrogens is 4. The average molecular weight is 469 g/mol. The number of carbonyl (C=O) groups excluding carboxylic acids is 1. The van der Waals surface area contributed by atoms with Gasteiger partial charge in [0.1, 0.15) is 17.9 Å². The van der Waals surface area contributed by atoms with Crippen molar-refractivity contribution in [3.63, 3.8) is 0 Å². The van der Waals surface area contributed by atoms with Crippen LogP contribution in [0.1, 0.15) is 42.6 Å². The summed E-state index contributed by atoms with van der Waals surface area (Å²) in [6, 6.07) is 7.13. The van der Waals surface area contributed by atoms with Crippen molar-refractivity contribution in [2.45, 2.75) is 46.0 Å². The van der Waals surface area contributed by atoms with Crippen LogP contribution in [0.3, 0.4) is 0 Å². The van der Waals surface area contributed by atoms with Crippen molar-refractivity contribution in [1.29, 1.82) is 0 Å². The molecule has 4 rings (SSSR count). The fraction of sp³-hybridized carbons (Fsp3) is 0.417. The molecule has 9 heteroatoms. The molecule has 33 heavy (non-hydrogen) atoms. The van der Waals surface area contributed by atoms with Gasteiger partial charge in [-0.3, -0.25) is 4.79 Å². The Labute approximate surface area is 198 Å². The zero-order valence-electron chi connectivity index (χ0n) is 19.3. The Morgan fingerprint density at radius 3 is 2.64 bits per heavy atom. The van der Waals surface area contributed by atoms with Crippen molar-refractivity contribution < 1.29 is 9.53 Å². The van der Waals surface area contributed by atoms with E-state index in [1.165, 1.54) is 19.3 Å². The van der Waals surface area contributed by atoms with E-state index < -0.39 is 0 Å². The molecule has 3 heterocycles. The van der Waals surface area contributed by atoms with E-state index in [4.69, 9.17) is 21.4 Å². The highest BCUT2D eigenvalue weighted by atomic mass is 35.5. The first-order chi connectivity index (χ1) is 16.0. The van der Waals surface area contributed by atoms with E-state index in [0.29, 0.717) is 29.3 Å². The Kier molecular flexibility index (Phi) is 7.13. The summed E-state index contributed by atoms with van der Waals surface area (Å²) in [4.78, 5) is 23.8. The first-order valence-corrected chi connectivity index (χ1v) is 11.6. The summed E-state index contributed by atoms with van der Waals surface area (Å²) < 4.78 is 7.15. The number of piperidine rings is 1. The maximum absolute atomic E-state index is 12.6. The standard InChI is InChI=1S/C24H29ClN6O2/c1-16-19(8-10-24(32)28-20-13-18(25)7-9-21(20)33-3)17(2)31(29-16)23-14-22(26-15-27-23)30-11-5-4-6-12-30/h7,9,13-15H,4-6,8,10-12H2,1-3H3,(H,28,32). The monoisotopic (exact) mass is 468 g/mol. The van der Waals surface area contributed by atoms with Gasteiger partial charge in [-0.1, -0.05) is 11.6 Å². The lowest BCUT2D eigenvalue weighted by Crippen LogP contribution is -2.30. The number of halogens is 1. The molecule has 0 unspecified atom stereocenters. The molecule has 1 amide bonds. The van der Waals surface area contributed by atoms with Crippen LogP contribution in [0.5, 0.6) is 5.75 Å². The number of hydrogen-bond acceptors (Lipinski definition) is 6. The Morgan fingerprint density at radius 2 is 1.88 bits per heavy atom. The van der Waals surface area contributed by atoms with Crippen LogP contribution in [0.25, 0.3) is 5.82 Å². The molecule has 1 aliphatic rings. The number of aryl methyl sites for hydroxylation is 1. The lowest BCUT2D eigenvalue weighted by molar-refractivity contribution is -0.116.